The van der Waals surface area contributed by atoms with Crippen LogP contribution in [0.25, 0.3) is 6.08 Å². The second kappa shape index (κ2) is 9.71. The molecule has 2 aromatic rings. The molecule has 0 aliphatic heterocycles. The Morgan fingerprint density at radius 2 is 1.66 bits per heavy atom. The van der Waals surface area contributed by atoms with Crippen LogP contribution in [0.1, 0.15) is 11.1 Å². The fourth-order valence-corrected chi connectivity index (χ4v) is 2.74. The van der Waals surface area contributed by atoms with E-state index in [9.17, 15) is 45.0 Å². The van der Waals surface area contributed by atoms with E-state index >= 15 is 0 Å². The summed E-state index contributed by atoms with van der Waals surface area (Å²) in [4.78, 5) is 35.5. The van der Waals surface area contributed by atoms with Crippen LogP contribution in [0, 0.1) is 0 Å². The van der Waals surface area contributed by atoms with Crippen molar-refractivity contribution in [1.82, 2.24) is 0 Å². The molecule has 0 unspecified atom stereocenters. The predicted molar refractivity (Wildman–Crippen MR) is 107 cm³/mol. The van der Waals surface area contributed by atoms with E-state index in [-0.39, 0.29) is 17.1 Å². The van der Waals surface area contributed by atoms with E-state index in [1.54, 1.807) is 0 Å². The summed E-state index contributed by atoms with van der Waals surface area (Å²) in [7, 11) is 1.31. The summed E-state index contributed by atoms with van der Waals surface area (Å²) in [5.41, 5.74) is -2.77. The zero-order valence-electron chi connectivity index (χ0n) is 16.6. The first-order valence-electron chi connectivity index (χ1n) is 8.93. The molecule has 170 valence electrons. The van der Waals surface area contributed by atoms with Gasteiger partial charge < -0.3 is 40.1 Å². The van der Waals surface area contributed by atoms with Gasteiger partial charge in [-0.15, -0.1) is 0 Å². The van der Waals surface area contributed by atoms with Gasteiger partial charge >= 0.3 is 17.9 Å². The van der Waals surface area contributed by atoms with Gasteiger partial charge in [0.25, 0.3) is 0 Å². The standard InChI is InChI=1S/C21H20O11/c1-31-16-9-11(2-6-14(16)23)4-7-17(25)32-18(19(26)27)21(30,20(28)29)10-12-3-5-13(22)15(24)8-12/h2-9,18,22-24,30H,10H2,1H3,(H,26,27)(H,28,29)/b7-4+/t18-,21-/m1/s1. The van der Waals surface area contributed by atoms with Crippen molar-refractivity contribution in [2.75, 3.05) is 7.11 Å². The third-order valence-corrected chi connectivity index (χ3v) is 4.39. The van der Waals surface area contributed by atoms with E-state index < -0.39 is 47.5 Å². The highest BCUT2D eigenvalue weighted by Crippen LogP contribution is 2.29. The van der Waals surface area contributed by atoms with Crippen molar-refractivity contribution >= 4 is 24.0 Å². The van der Waals surface area contributed by atoms with Gasteiger partial charge in [0.1, 0.15) is 0 Å². The number of esters is 1. The Labute approximate surface area is 181 Å². The molecule has 2 atom stereocenters. The van der Waals surface area contributed by atoms with Crippen molar-refractivity contribution in [3.63, 3.8) is 0 Å². The maximum atomic E-state index is 12.1. The summed E-state index contributed by atoms with van der Waals surface area (Å²) in [6.07, 6.45) is -1.38. The molecule has 0 spiro atoms. The number of phenolic OH excluding ortho intramolecular Hbond substituents is 3. The molecule has 0 radical (unpaired) electrons. The first-order valence-corrected chi connectivity index (χ1v) is 8.93. The number of rotatable bonds is 9. The van der Waals surface area contributed by atoms with Crippen molar-refractivity contribution in [3.05, 3.63) is 53.6 Å². The van der Waals surface area contributed by atoms with Crippen LogP contribution in [-0.4, -0.2) is 67.4 Å². The van der Waals surface area contributed by atoms with Crippen molar-refractivity contribution in [3.8, 4) is 23.0 Å². The first kappa shape index (κ1) is 24.0. The molecule has 32 heavy (non-hydrogen) atoms. The van der Waals surface area contributed by atoms with Crippen LogP contribution in [0.15, 0.2) is 42.5 Å². The fourth-order valence-electron chi connectivity index (χ4n) is 2.74. The lowest BCUT2D eigenvalue weighted by atomic mass is 9.88. The quantitative estimate of drug-likeness (QED) is 0.181. The maximum Gasteiger partial charge on any atom is 0.348 e. The number of ether oxygens (including phenoxy) is 2. The molecule has 0 aromatic heterocycles. The Balaban J connectivity index is 2.27. The SMILES string of the molecule is COc1cc(/C=C/C(=O)O[C@H](C(=O)O)[C@](O)(Cc2ccc(O)c(O)c2)C(=O)O)ccc1O. The molecule has 2 rings (SSSR count). The fraction of sp³-hybridized carbons (Fsp3) is 0.190. The second-order valence-corrected chi connectivity index (χ2v) is 6.65. The largest absolute Gasteiger partial charge is 0.504 e. The van der Waals surface area contributed by atoms with Crippen molar-refractivity contribution in [2.24, 2.45) is 0 Å². The molecule has 6 N–H and O–H groups in total. The van der Waals surface area contributed by atoms with E-state index in [2.05, 4.69) is 0 Å². The lowest BCUT2D eigenvalue weighted by Crippen LogP contribution is -2.56. The summed E-state index contributed by atoms with van der Waals surface area (Å²) in [6, 6.07) is 7.19. The number of carboxylic acids is 2. The lowest BCUT2D eigenvalue weighted by Gasteiger charge is -2.29. The van der Waals surface area contributed by atoms with Crippen molar-refractivity contribution in [1.29, 1.82) is 0 Å². The van der Waals surface area contributed by atoms with Crippen LogP contribution < -0.4 is 4.74 Å². The Hall–Kier alpha value is -4.25. The van der Waals surface area contributed by atoms with Gasteiger partial charge in [0.05, 0.1) is 7.11 Å². The average Bonchev–Trinajstić information content (AvgIpc) is 2.73. The van der Waals surface area contributed by atoms with Crippen LogP contribution in [0.4, 0.5) is 0 Å². The second-order valence-electron chi connectivity index (χ2n) is 6.65. The lowest BCUT2D eigenvalue weighted by molar-refractivity contribution is -0.192. The zero-order valence-corrected chi connectivity index (χ0v) is 16.6. The number of aliphatic hydroxyl groups is 1. The number of aromatic hydroxyl groups is 3. The van der Waals surface area contributed by atoms with Crippen LogP contribution in [0.2, 0.25) is 0 Å². The van der Waals surface area contributed by atoms with E-state index in [4.69, 9.17) is 9.47 Å². The molecule has 0 aliphatic rings. The third kappa shape index (κ3) is 5.46. The van der Waals surface area contributed by atoms with Crippen LogP contribution in [0.3, 0.4) is 0 Å². The third-order valence-electron chi connectivity index (χ3n) is 4.39. The van der Waals surface area contributed by atoms with E-state index in [0.717, 1.165) is 24.3 Å². The van der Waals surface area contributed by atoms with Crippen molar-refractivity contribution < 1.29 is 54.5 Å². The molecule has 0 saturated heterocycles. The number of hydrogen-bond acceptors (Lipinski definition) is 9. The van der Waals surface area contributed by atoms with Gasteiger partial charge in [0.2, 0.25) is 11.7 Å². The summed E-state index contributed by atoms with van der Waals surface area (Å²) in [6.45, 7) is 0. The number of aliphatic carboxylic acids is 2. The Bertz CT molecular complexity index is 1060. The highest BCUT2D eigenvalue weighted by Gasteiger charge is 2.51. The minimum atomic E-state index is -3.10. The van der Waals surface area contributed by atoms with Gasteiger partial charge in [-0.1, -0.05) is 12.1 Å². The van der Waals surface area contributed by atoms with Gasteiger partial charge in [0.15, 0.2) is 23.0 Å². The highest BCUT2D eigenvalue weighted by atomic mass is 16.6. The molecular formula is C21H20O11. The van der Waals surface area contributed by atoms with Crippen LogP contribution in [-0.2, 0) is 25.5 Å². The van der Waals surface area contributed by atoms with E-state index in [0.29, 0.717) is 5.56 Å². The molecular weight excluding hydrogens is 428 g/mol. The Morgan fingerprint density at radius 3 is 2.22 bits per heavy atom. The summed E-state index contributed by atoms with van der Waals surface area (Å²) in [5, 5.41) is 57.9. The average molecular weight is 448 g/mol. The topological polar surface area (TPSA) is 191 Å². The van der Waals surface area contributed by atoms with Crippen LogP contribution in [0.5, 0.6) is 23.0 Å². The summed E-state index contributed by atoms with van der Waals surface area (Å²) in [5.74, 6) is -6.34. The molecule has 11 nitrogen and oxygen atoms in total. The highest BCUT2D eigenvalue weighted by molar-refractivity contribution is 5.93. The molecule has 11 heteroatoms. The number of carbonyl (C=O) groups is 3. The minimum Gasteiger partial charge on any atom is -0.504 e. The number of hydrogen-bond donors (Lipinski definition) is 6. The molecule has 2 aromatic carbocycles. The van der Waals surface area contributed by atoms with Gasteiger partial charge in [-0.2, -0.15) is 0 Å². The summed E-state index contributed by atoms with van der Waals surface area (Å²) < 4.78 is 9.64. The monoisotopic (exact) mass is 448 g/mol. The van der Waals surface area contributed by atoms with Gasteiger partial charge in [-0.25, -0.2) is 14.4 Å². The maximum absolute atomic E-state index is 12.1. The molecule has 0 amide bonds. The Morgan fingerprint density at radius 1 is 1.00 bits per heavy atom. The minimum absolute atomic E-state index is 0.0424. The summed E-state index contributed by atoms with van der Waals surface area (Å²) >= 11 is 0. The molecule has 0 aliphatic carbocycles. The van der Waals surface area contributed by atoms with Gasteiger partial charge in [-0.3, -0.25) is 0 Å². The predicted octanol–water partition coefficient (Wildman–Crippen LogP) is 0.880. The smallest absolute Gasteiger partial charge is 0.348 e. The molecule has 0 saturated carbocycles. The van der Waals surface area contributed by atoms with E-state index in [1.807, 2.05) is 0 Å². The number of phenols is 3. The Kier molecular flexibility index (Phi) is 7.29. The number of benzene rings is 2. The number of methoxy groups -OCH3 is 1. The van der Waals surface area contributed by atoms with E-state index in [1.165, 1.54) is 31.4 Å². The van der Waals surface area contributed by atoms with Gasteiger partial charge in [-0.05, 0) is 41.5 Å². The van der Waals surface area contributed by atoms with Crippen molar-refractivity contribution in [2.45, 2.75) is 18.1 Å². The molecule has 0 bridgehead atoms. The first-order chi connectivity index (χ1) is 15.0. The van der Waals surface area contributed by atoms with Crippen LogP contribution >= 0.6 is 0 Å². The normalized spacial score (nSPS) is 13.8. The molecule has 0 heterocycles. The van der Waals surface area contributed by atoms with Gasteiger partial charge in [0, 0.05) is 12.5 Å². The number of carbonyl (C=O) groups excluding carboxylic acids is 1. The molecule has 0 fully saturated rings. The number of carboxylic acid groups (broad SMARTS) is 2. The zero-order chi connectivity index (χ0) is 24.1.